The second-order valence-corrected chi connectivity index (χ2v) is 11.2. The molecule has 0 aromatic carbocycles. The number of carboxylic acid groups (broad SMARTS) is 1. The van der Waals surface area contributed by atoms with Gasteiger partial charge in [0.05, 0.1) is 29.1 Å². The highest BCUT2D eigenvalue weighted by Crippen LogP contribution is 2.48. The number of alkyl halides is 3. The topological polar surface area (TPSA) is 158 Å². The molecule has 3 aromatic heterocycles. The first-order chi connectivity index (χ1) is 16.3. The smallest absolute Gasteiger partial charge is 0.475 e. The summed E-state index contributed by atoms with van der Waals surface area (Å²) in [5.41, 5.74) is 1.65. The third-order valence-electron chi connectivity index (χ3n) is 6.20. The number of nitriles is 1. The van der Waals surface area contributed by atoms with E-state index in [4.69, 9.17) is 9.90 Å². The molecular formula is C20H20F3N7O4S. The van der Waals surface area contributed by atoms with Crippen LogP contribution >= 0.6 is 0 Å². The molecular weight excluding hydrogens is 491 g/mol. The summed E-state index contributed by atoms with van der Waals surface area (Å²) in [5, 5.41) is 21.8. The number of H-pyrrole nitrogens is 1. The van der Waals surface area contributed by atoms with E-state index in [2.05, 4.69) is 26.1 Å². The fourth-order valence-corrected chi connectivity index (χ4v) is 5.88. The van der Waals surface area contributed by atoms with Crippen molar-refractivity contribution < 1.29 is 31.5 Å². The van der Waals surface area contributed by atoms with Gasteiger partial charge in [-0.15, -0.1) is 0 Å². The van der Waals surface area contributed by atoms with Crippen LogP contribution in [0, 0.1) is 11.3 Å². The van der Waals surface area contributed by atoms with Crippen LogP contribution in [0.4, 0.5) is 13.2 Å². The lowest BCUT2D eigenvalue weighted by Gasteiger charge is -2.48. The lowest BCUT2D eigenvalue weighted by atomic mass is 9.89. The highest BCUT2D eigenvalue weighted by molar-refractivity contribution is 7.90. The van der Waals surface area contributed by atoms with E-state index >= 15 is 0 Å². The summed E-state index contributed by atoms with van der Waals surface area (Å²) in [4.78, 5) is 20.5. The average molecular weight is 511 g/mol. The Morgan fingerprint density at radius 2 is 1.97 bits per heavy atom. The number of aromatic nitrogens is 5. The van der Waals surface area contributed by atoms with E-state index in [0.717, 1.165) is 22.3 Å². The standard InChI is InChI=1S/C18H19N7O2S.C2HF3O2/c1-17(3-4-17)28(26,27)24-10-18(11-24,5-6-19)25-9-13(8-23-25)15-14-2-7-20-16(14)22-12-21-15;3-2(4,5)1(6)7/h2,7-9,12H,3-5,10-11H2,1H3,(H,20,21,22);(H,6,7). The summed E-state index contributed by atoms with van der Waals surface area (Å²) in [6, 6.07) is 4.10. The third kappa shape index (κ3) is 4.34. The summed E-state index contributed by atoms with van der Waals surface area (Å²) in [6.45, 7) is 2.32. The molecule has 4 heterocycles. The van der Waals surface area contributed by atoms with Gasteiger partial charge in [0.1, 0.15) is 17.5 Å². The van der Waals surface area contributed by atoms with Gasteiger partial charge in [-0.05, 0) is 25.8 Å². The molecule has 2 N–H and O–H groups in total. The van der Waals surface area contributed by atoms with E-state index in [1.807, 2.05) is 12.3 Å². The number of hydrogen-bond acceptors (Lipinski definition) is 7. The molecule has 0 amide bonds. The highest BCUT2D eigenvalue weighted by atomic mass is 32.2. The molecule has 0 bridgehead atoms. The van der Waals surface area contributed by atoms with Crippen molar-refractivity contribution in [2.24, 2.45) is 0 Å². The largest absolute Gasteiger partial charge is 0.490 e. The molecule has 5 rings (SSSR count). The van der Waals surface area contributed by atoms with Crippen LogP contribution in [0.5, 0.6) is 0 Å². The van der Waals surface area contributed by atoms with Gasteiger partial charge in [0.2, 0.25) is 10.0 Å². The Labute approximate surface area is 197 Å². The van der Waals surface area contributed by atoms with Crippen molar-refractivity contribution in [1.29, 1.82) is 5.26 Å². The predicted molar refractivity (Wildman–Crippen MR) is 115 cm³/mol. The van der Waals surface area contributed by atoms with Gasteiger partial charge in [-0.25, -0.2) is 23.2 Å². The molecule has 1 aliphatic heterocycles. The van der Waals surface area contributed by atoms with Gasteiger partial charge in [-0.2, -0.15) is 27.8 Å². The summed E-state index contributed by atoms with van der Waals surface area (Å²) < 4.78 is 59.8. The van der Waals surface area contributed by atoms with Crippen LogP contribution in [0.15, 0.2) is 31.0 Å². The van der Waals surface area contributed by atoms with Gasteiger partial charge in [-0.3, -0.25) is 4.68 Å². The van der Waals surface area contributed by atoms with E-state index in [1.54, 1.807) is 24.0 Å². The van der Waals surface area contributed by atoms with E-state index < -0.39 is 32.5 Å². The Morgan fingerprint density at radius 3 is 2.54 bits per heavy atom. The maximum Gasteiger partial charge on any atom is 0.490 e. The summed E-state index contributed by atoms with van der Waals surface area (Å²) >= 11 is 0. The molecule has 3 aromatic rings. The number of hydrogen-bond donors (Lipinski definition) is 2. The van der Waals surface area contributed by atoms with E-state index in [9.17, 15) is 26.9 Å². The van der Waals surface area contributed by atoms with Crippen molar-refractivity contribution >= 4 is 27.0 Å². The van der Waals surface area contributed by atoms with Crippen molar-refractivity contribution in [2.75, 3.05) is 13.1 Å². The normalized spacial score (nSPS) is 18.7. The van der Waals surface area contributed by atoms with Crippen LogP contribution < -0.4 is 0 Å². The first kappa shape index (κ1) is 24.6. The second-order valence-electron chi connectivity index (χ2n) is 8.72. The quantitative estimate of drug-likeness (QED) is 0.528. The number of halogens is 3. The first-order valence-corrected chi connectivity index (χ1v) is 11.8. The van der Waals surface area contributed by atoms with Crippen molar-refractivity contribution in [3.63, 3.8) is 0 Å². The lowest BCUT2D eigenvalue weighted by molar-refractivity contribution is -0.192. The first-order valence-electron chi connectivity index (χ1n) is 10.3. The molecule has 0 unspecified atom stereocenters. The lowest BCUT2D eigenvalue weighted by Crippen LogP contribution is -2.65. The summed E-state index contributed by atoms with van der Waals surface area (Å²) in [5.74, 6) is -2.76. The second kappa shape index (κ2) is 8.31. The van der Waals surface area contributed by atoms with Crippen molar-refractivity contribution in [1.82, 2.24) is 29.0 Å². The third-order valence-corrected chi connectivity index (χ3v) is 8.80. The Hall–Kier alpha value is -3.51. The number of sulfonamides is 1. The van der Waals surface area contributed by atoms with Crippen molar-refractivity contribution in [3.05, 3.63) is 31.0 Å². The molecule has 2 aliphatic rings. The molecule has 1 aliphatic carbocycles. The molecule has 11 nitrogen and oxygen atoms in total. The number of nitrogens with zero attached hydrogens (tertiary/aromatic N) is 6. The van der Waals surface area contributed by atoms with E-state index in [0.29, 0.717) is 12.8 Å². The van der Waals surface area contributed by atoms with Gasteiger partial charge in [0.25, 0.3) is 0 Å². The number of fused-ring (bicyclic) bond motifs is 1. The Balaban J connectivity index is 0.000000364. The van der Waals surface area contributed by atoms with Crippen molar-refractivity contribution in [2.45, 2.75) is 42.6 Å². The molecule has 2 fully saturated rings. The Bertz CT molecular complexity index is 1410. The number of aliphatic carboxylic acids is 1. The molecule has 0 radical (unpaired) electrons. The minimum absolute atomic E-state index is 0.195. The Kier molecular flexibility index (Phi) is 5.84. The van der Waals surface area contributed by atoms with Crippen LogP contribution in [0.2, 0.25) is 0 Å². The monoisotopic (exact) mass is 511 g/mol. The molecule has 35 heavy (non-hydrogen) atoms. The molecule has 15 heteroatoms. The summed E-state index contributed by atoms with van der Waals surface area (Å²) in [6.07, 6.45) is 3.34. The maximum atomic E-state index is 12.8. The average Bonchev–Trinajstić information content (AvgIpc) is 3.17. The fraction of sp³-hybridized carbons (Fsp3) is 0.450. The minimum Gasteiger partial charge on any atom is -0.475 e. The fourth-order valence-electron chi connectivity index (χ4n) is 3.82. The summed E-state index contributed by atoms with van der Waals surface area (Å²) in [7, 11) is -3.33. The number of aromatic amines is 1. The Morgan fingerprint density at radius 1 is 1.31 bits per heavy atom. The van der Waals surface area contributed by atoms with Crippen LogP contribution in [-0.4, -0.2) is 72.5 Å². The number of carbonyl (C=O) groups is 1. The zero-order valence-electron chi connectivity index (χ0n) is 18.3. The van der Waals surface area contributed by atoms with Gasteiger partial charge in [-0.1, -0.05) is 0 Å². The molecule has 186 valence electrons. The van der Waals surface area contributed by atoms with Crippen LogP contribution in [0.1, 0.15) is 26.2 Å². The van der Waals surface area contributed by atoms with E-state index in [-0.39, 0.29) is 19.5 Å². The zero-order chi connectivity index (χ0) is 25.6. The number of rotatable bonds is 5. The van der Waals surface area contributed by atoms with Gasteiger partial charge in [0.15, 0.2) is 0 Å². The molecule has 0 spiro atoms. The molecule has 1 saturated heterocycles. The van der Waals surface area contributed by atoms with E-state index in [1.165, 1.54) is 10.6 Å². The van der Waals surface area contributed by atoms with Gasteiger partial charge < -0.3 is 10.1 Å². The number of carboxylic acids is 1. The maximum absolute atomic E-state index is 12.8. The van der Waals surface area contributed by atoms with Crippen molar-refractivity contribution in [3.8, 4) is 17.3 Å². The van der Waals surface area contributed by atoms with Crippen LogP contribution in [-0.2, 0) is 20.4 Å². The zero-order valence-corrected chi connectivity index (χ0v) is 19.1. The SMILES string of the molecule is CC1(S(=O)(=O)N2CC(CC#N)(n3cc(-c4ncnc5[nH]ccc45)cn3)C2)CC1.O=C(O)C(F)(F)F. The van der Waals surface area contributed by atoms with Gasteiger partial charge >= 0.3 is 12.1 Å². The minimum atomic E-state index is -5.08. The highest BCUT2D eigenvalue weighted by Gasteiger charge is 2.59. The molecule has 0 atom stereocenters. The van der Waals surface area contributed by atoms with Gasteiger partial charge in [0, 0.05) is 36.4 Å². The number of nitrogens with one attached hydrogen (secondary N) is 1. The molecule has 1 saturated carbocycles. The van der Waals surface area contributed by atoms with Crippen LogP contribution in [0.25, 0.3) is 22.3 Å². The predicted octanol–water partition coefficient (Wildman–Crippen LogP) is 2.26. The van der Waals surface area contributed by atoms with Crippen LogP contribution in [0.3, 0.4) is 0 Å².